The smallest absolute Gasteiger partial charge is 0.0388 e. The topological polar surface area (TPSA) is 0 Å². The molecule has 3 atom stereocenters. The Morgan fingerprint density at radius 1 is 0.448 bits per heavy atom. The molecule has 0 aliphatic rings. The van der Waals surface area contributed by atoms with Crippen LogP contribution < -0.4 is 15.9 Å². The molecule has 0 spiro atoms. The molecule has 0 saturated carbocycles. The molecule has 3 heteroatoms. The van der Waals surface area contributed by atoms with Crippen molar-refractivity contribution in [3.63, 3.8) is 0 Å². The second-order valence-electron chi connectivity index (χ2n) is 8.97. The van der Waals surface area contributed by atoms with Gasteiger partial charge in [-0.05, 0) is 42.1 Å². The Hall–Kier alpha value is -1.05. The van der Waals surface area contributed by atoms with Crippen LogP contribution in [-0.4, -0.2) is 4.64 Å². The van der Waals surface area contributed by atoms with Crippen LogP contribution in [0.2, 0.25) is 0 Å². The normalized spacial score (nSPS) is 15.1. The minimum Gasteiger partial charge on any atom is -0.0744 e. The van der Waals surface area contributed by atoms with Crippen LogP contribution in [0.1, 0.15) is 37.5 Å². The van der Waals surface area contributed by atoms with Gasteiger partial charge in [0.05, 0.1) is 0 Å². The predicted molar refractivity (Wildman–Crippen MR) is 140 cm³/mol. The maximum Gasteiger partial charge on any atom is 0.0388 e. The van der Waals surface area contributed by atoms with Gasteiger partial charge in [-0.2, -0.15) is 0 Å². The zero-order valence-electron chi connectivity index (χ0n) is 18.4. The Kier molecular flexibility index (Phi) is 7.33. The van der Waals surface area contributed by atoms with Crippen molar-refractivity contribution in [1.29, 1.82) is 0 Å². The van der Waals surface area contributed by atoms with Gasteiger partial charge in [0.15, 0.2) is 0 Å². The average molecular weight is 438 g/mol. The molecule has 0 heterocycles. The van der Waals surface area contributed by atoms with Gasteiger partial charge in [-0.3, -0.25) is 0 Å². The molecule has 0 aliphatic heterocycles. The summed E-state index contributed by atoms with van der Waals surface area (Å²) in [6, 6.07) is 27.6. The number of hydrogen-bond donors (Lipinski definition) is 0. The molecule has 3 aromatic carbocycles. The van der Waals surface area contributed by atoms with E-state index in [2.05, 4.69) is 114 Å². The van der Waals surface area contributed by atoms with E-state index in [4.69, 9.17) is 0 Å². The monoisotopic (exact) mass is 438 g/mol. The van der Waals surface area contributed by atoms with Gasteiger partial charge in [-0.1, -0.05) is 136 Å². The van der Waals surface area contributed by atoms with E-state index in [0.717, 1.165) is 25.7 Å². The molecule has 0 fully saturated rings. The van der Waals surface area contributed by atoms with Gasteiger partial charge in [0.25, 0.3) is 0 Å². The lowest BCUT2D eigenvalue weighted by Crippen LogP contribution is -2.35. The summed E-state index contributed by atoms with van der Waals surface area (Å²) in [4.78, 5) is 0. The first-order valence-corrected chi connectivity index (χ1v) is 13.2. The van der Waals surface area contributed by atoms with Gasteiger partial charge in [-0.15, -0.1) is 0 Å². The maximum atomic E-state index is 2.44. The predicted octanol–water partition coefficient (Wildman–Crippen LogP) is 6.62. The molecule has 3 rings (SSSR count). The molecule has 0 radical (unpaired) electrons. The lowest BCUT2D eigenvalue weighted by atomic mass is 9.99. The molecular weight excluding hydrogens is 405 g/mol. The van der Waals surface area contributed by atoms with Crippen LogP contribution in [0.5, 0.6) is 0 Å². The first-order chi connectivity index (χ1) is 13.7. The third kappa shape index (κ3) is 5.98. The molecule has 29 heavy (non-hydrogen) atoms. The summed E-state index contributed by atoms with van der Waals surface area (Å²) in [5.41, 5.74) is 4.20. The maximum absolute atomic E-state index is 2.44. The number of rotatable bonds is 6. The molecule has 0 nitrogen and oxygen atoms in total. The largest absolute Gasteiger partial charge is 0.0744 e. The average Bonchev–Trinajstić information content (AvgIpc) is 2.66. The first kappa shape index (κ1) is 22.6. The lowest BCUT2D eigenvalue weighted by Gasteiger charge is -2.45. The SMILES string of the molecule is Cc1ccc(PC(Pc2ccc(C)cc2)(Pc2ccc(C)cc2)C(C)(C)C)cc1. The summed E-state index contributed by atoms with van der Waals surface area (Å²) in [5, 5.41) is 4.43. The molecule has 0 aromatic heterocycles. The number of benzene rings is 3. The zero-order valence-corrected chi connectivity index (χ0v) is 21.4. The molecule has 0 saturated heterocycles. The highest BCUT2D eigenvalue weighted by Gasteiger charge is 2.42. The Labute approximate surface area is 182 Å². The molecule has 3 aromatic rings. The fourth-order valence-electron chi connectivity index (χ4n) is 3.22. The van der Waals surface area contributed by atoms with E-state index >= 15 is 0 Å². The Bertz CT molecular complexity index is 802. The van der Waals surface area contributed by atoms with E-state index in [1.807, 2.05) is 0 Å². The highest BCUT2D eigenvalue weighted by Crippen LogP contribution is 2.65. The van der Waals surface area contributed by atoms with Crippen LogP contribution in [0.15, 0.2) is 72.8 Å². The summed E-state index contributed by atoms with van der Waals surface area (Å²) in [5.74, 6) is 0. The highest BCUT2D eigenvalue weighted by molar-refractivity contribution is 7.83. The molecule has 0 N–H and O–H groups in total. The van der Waals surface area contributed by atoms with E-state index in [1.165, 1.54) is 32.6 Å². The third-order valence-corrected chi connectivity index (χ3v) is 12.8. The minimum atomic E-state index is 0.197. The van der Waals surface area contributed by atoms with Gasteiger partial charge < -0.3 is 0 Å². The summed E-state index contributed by atoms with van der Waals surface area (Å²) >= 11 is 0. The van der Waals surface area contributed by atoms with Crippen molar-refractivity contribution in [2.24, 2.45) is 5.41 Å². The Balaban J connectivity index is 2.04. The van der Waals surface area contributed by atoms with Crippen molar-refractivity contribution in [3.8, 4) is 0 Å². The van der Waals surface area contributed by atoms with Crippen LogP contribution in [0.4, 0.5) is 0 Å². The fraction of sp³-hybridized carbons (Fsp3) is 0.308. The van der Waals surface area contributed by atoms with E-state index < -0.39 is 0 Å². The molecule has 3 unspecified atom stereocenters. The van der Waals surface area contributed by atoms with Crippen molar-refractivity contribution < 1.29 is 0 Å². The third-order valence-electron chi connectivity index (χ3n) is 5.28. The Morgan fingerprint density at radius 2 is 0.690 bits per heavy atom. The second kappa shape index (κ2) is 9.40. The molecule has 0 aliphatic carbocycles. The lowest BCUT2D eigenvalue weighted by molar-refractivity contribution is 0.434. The van der Waals surface area contributed by atoms with Gasteiger partial charge in [0.2, 0.25) is 0 Å². The van der Waals surface area contributed by atoms with Crippen LogP contribution in [-0.2, 0) is 0 Å². The molecular formula is C26H33P3. The van der Waals surface area contributed by atoms with Crippen LogP contribution >= 0.6 is 25.7 Å². The zero-order chi connectivity index (χ0) is 21.1. The van der Waals surface area contributed by atoms with Crippen molar-refractivity contribution in [1.82, 2.24) is 0 Å². The van der Waals surface area contributed by atoms with E-state index in [9.17, 15) is 0 Å². The van der Waals surface area contributed by atoms with E-state index in [1.54, 1.807) is 0 Å². The quantitative estimate of drug-likeness (QED) is 0.379. The number of hydrogen-bond acceptors (Lipinski definition) is 0. The summed E-state index contributed by atoms with van der Waals surface area (Å²) in [6.45, 7) is 13.8. The van der Waals surface area contributed by atoms with E-state index in [-0.39, 0.29) is 10.1 Å². The van der Waals surface area contributed by atoms with Crippen LogP contribution in [0.25, 0.3) is 0 Å². The molecule has 152 valence electrons. The van der Waals surface area contributed by atoms with Crippen molar-refractivity contribution in [2.75, 3.05) is 0 Å². The van der Waals surface area contributed by atoms with Crippen molar-refractivity contribution in [3.05, 3.63) is 89.5 Å². The number of aryl methyl sites for hydroxylation is 3. The van der Waals surface area contributed by atoms with E-state index in [0.29, 0.717) is 0 Å². The molecule has 0 bridgehead atoms. The summed E-state index contributed by atoms with van der Waals surface area (Å²) in [7, 11) is 2.35. The molecule has 0 amide bonds. The van der Waals surface area contributed by atoms with Crippen molar-refractivity contribution >= 4 is 41.7 Å². The van der Waals surface area contributed by atoms with Crippen LogP contribution in [0, 0.1) is 26.2 Å². The minimum absolute atomic E-state index is 0.197. The second-order valence-corrected chi connectivity index (χ2v) is 15.2. The first-order valence-electron chi connectivity index (χ1n) is 10.2. The summed E-state index contributed by atoms with van der Waals surface area (Å²) in [6.07, 6.45) is 0. The van der Waals surface area contributed by atoms with Gasteiger partial charge >= 0.3 is 0 Å². The fourth-order valence-corrected chi connectivity index (χ4v) is 9.99. The Morgan fingerprint density at radius 3 is 0.897 bits per heavy atom. The summed E-state index contributed by atoms with van der Waals surface area (Å²) < 4.78 is 0.215. The van der Waals surface area contributed by atoms with Gasteiger partial charge in [0.1, 0.15) is 0 Å². The highest BCUT2D eigenvalue weighted by atomic mass is 31.2. The van der Waals surface area contributed by atoms with Gasteiger partial charge in [-0.25, -0.2) is 0 Å². The standard InChI is InChI=1S/C26H33P3/c1-19-7-13-22(14-8-19)27-26(25(4,5)6,28-23-15-9-20(2)10-16-23)29-24-17-11-21(3)12-18-24/h7-18,27-29H,1-6H3. The van der Waals surface area contributed by atoms with Gasteiger partial charge in [0, 0.05) is 4.64 Å². The van der Waals surface area contributed by atoms with Crippen LogP contribution in [0.3, 0.4) is 0 Å². The van der Waals surface area contributed by atoms with Crippen molar-refractivity contribution in [2.45, 2.75) is 46.2 Å².